The molecule has 37 heavy (non-hydrogen) atoms. The molecule has 0 aliphatic heterocycles. The van der Waals surface area contributed by atoms with Gasteiger partial charge in [-0.3, -0.25) is 10.1 Å². The average molecular weight is 506 g/mol. The van der Waals surface area contributed by atoms with Crippen LogP contribution in [0, 0.1) is 0 Å². The van der Waals surface area contributed by atoms with Crippen LogP contribution in [0.15, 0.2) is 63.8 Å². The second-order valence-electron chi connectivity index (χ2n) is 7.23. The van der Waals surface area contributed by atoms with Crippen molar-refractivity contribution >= 4 is 40.6 Å². The molecule has 2 aromatic heterocycles. The van der Waals surface area contributed by atoms with E-state index in [2.05, 4.69) is 30.9 Å². The number of esters is 1. The molecule has 0 aliphatic carbocycles. The highest BCUT2D eigenvalue weighted by atomic mass is 16.5. The van der Waals surface area contributed by atoms with Gasteiger partial charge >= 0.3 is 23.6 Å². The number of nitrogens with one attached hydrogen (secondary N) is 3. The van der Waals surface area contributed by atoms with Crippen LogP contribution >= 0.6 is 0 Å². The molecule has 0 aliphatic rings. The summed E-state index contributed by atoms with van der Waals surface area (Å²) in [6.07, 6.45) is 0. The number of ether oxygens (including phenoxy) is 3. The quantitative estimate of drug-likeness (QED) is 0.225. The number of para-hydroxylation sites is 3. The Kier molecular flexibility index (Phi) is 7.73. The topological polar surface area (TPSA) is 167 Å². The van der Waals surface area contributed by atoms with Gasteiger partial charge in [-0.1, -0.05) is 24.3 Å². The lowest BCUT2D eigenvalue weighted by Gasteiger charge is -2.12. The molecular weight excluding hydrogens is 484 g/mol. The Morgan fingerprint density at radius 3 is 2.51 bits per heavy atom. The van der Waals surface area contributed by atoms with Gasteiger partial charge in [0.2, 0.25) is 11.9 Å². The molecule has 3 N–H and O–H groups in total. The zero-order valence-corrected chi connectivity index (χ0v) is 19.8. The molecule has 0 unspecified atom stereocenters. The Morgan fingerprint density at radius 1 is 0.946 bits per heavy atom. The molecule has 4 rings (SSSR count). The zero-order chi connectivity index (χ0) is 26.2. The summed E-state index contributed by atoms with van der Waals surface area (Å²) in [5.74, 6) is -0.253. The molecule has 0 saturated carbocycles. The van der Waals surface area contributed by atoms with Crippen LogP contribution < -0.4 is 31.0 Å². The van der Waals surface area contributed by atoms with Crippen molar-refractivity contribution < 1.29 is 28.2 Å². The molecule has 190 valence electrons. The monoisotopic (exact) mass is 506 g/mol. The number of hydrogen-bond donors (Lipinski definition) is 3. The fourth-order valence-electron chi connectivity index (χ4n) is 3.17. The minimum absolute atomic E-state index is 0.0853. The largest absolute Gasteiger partial charge is 0.495 e. The van der Waals surface area contributed by atoms with Gasteiger partial charge < -0.3 is 29.3 Å². The summed E-state index contributed by atoms with van der Waals surface area (Å²) in [5, 5.41) is 8.31. The third kappa shape index (κ3) is 6.48. The van der Waals surface area contributed by atoms with Crippen LogP contribution in [0.25, 0.3) is 11.0 Å². The lowest BCUT2D eigenvalue weighted by Crippen LogP contribution is -2.23. The Labute approximate surface area is 209 Å². The molecule has 2 heterocycles. The number of amides is 2. The lowest BCUT2D eigenvalue weighted by atomic mass is 10.2. The van der Waals surface area contributed by atoms with Gasteiger partial charge in [-0.2, -0.15) is 15.0 Å². The lowest BCUT2D eigenvalue weighted by molar-refractivity contribution is -0.140. The van der Waals surface area contributed by atoms with Crippen molar-refractivity contribution in [2.75, 3.05) is 36.2 Å². The van der Waals surface area contributed by atoms with Crippen LogP contribution in [0.4, 0.5) is 22.4 Å². The maximum absolute atomic E-state index is 12.6. The van der Waals surface area contributed by atoms with Crippen molar-refractivity contribution in [3.05, 3.63) is 65.0 Å². The van der Waals surface area contributed by atoms with Crippen LogP contribution in [0.5, 0.6) is 17.5 Å². The summed E-state index contributed by atoms with van der Waals surface area (Å²) >= 11 is 0. The summed E-state index contributed by atoms with van der Waals surface area (Å²) in [7, 11) is 1.48. The predicted octanol–water partition coefficient (Wildman–Crippen LogP) is 3.40. The van der Waals surface area contributed by atoms with E-state index in [1.165, 1.54) is 7.11 Å². The van der Waals surface area contributed by atoms with Crippen molar-refractivity contribution in [2.24, 2.45) is 0 Å². The van der Waals surface area contributed by atoms with Crippen LogP contribution in [0.3, 0.4) is 0 Å². The Hall–Kier alpha value is -5.20. The van der Waals surface area contributed by atoms with E-state index in [-0.39, 0.29) is 36.8 Å². The van der Waals surface area contributed by atoms with Crippen molar-refractivity contribution in [1.82, 2.24) is 15.0 Å². The second-order valence-corrected chi connectivity index (χ2v) is 7.23. The van der Waals surface area contributed by atoms with E-state index in [4.69, 9.17) is 18.6 Å². The van der Waals surface area contributed by atoms with Crippen molar-refractivity contribution in [1.29, 1.82) is 0 Å². The maximum atomic E-state index is 12.6. The summed E-state index contributed by atoms with van der Waals surface area (Å²) < 4.78 is 21.1. The van der Waals surface area contributed by atoms with E-state index in [0.29, 0.717) is 22.4 Å². The normalized spacial score (nSPS) is 10.4. The van der Waals surface area contributed by atoms with E-state index >= 15 is 0 Å². The van der Waals surface area contributed by atoms with Crippen LogP contribution in [0.1, 0.15) is 6.92 Å². The smallest absolute Gasteiger partial charge is 0.339 e. The minimum Gasteiger partial charge on any atom is -0.495 e. The third-order valence-corrected chi connectivity index (χ3v) is 4.70. The van der Waals surface area contributed by atoms with Gasteiger partial charge in [0.15, 0.2) is 0 Å². The molecule has 0 spiro atoms. The first-order valence-corrected chi connectivity index (χ1v) is 11.0. The fraction of sp³-hybridized carbons (Fsp3) is 0.167. The second kappa shape index (κ2) is 11.5. The number of fused-ring (bicyclic) bond motifs is 1. The zero-order valence-electron chi connectivity index (χ0n) is 19.8. The number of urea groups is 1. The highest BCUT2D eigenvalue weighted by Crippen LogP contribution is 2.28. The number of methoxy groups -OCH3 is 1. The fourth-order valence-corrected chi connectivity index (χ4v) is 3.17. The first-order valence-electron chi connectivity index (χ1n) is 11.0. The summed E-state index contributed by atoms with van der Waals surface area (Å²) in [6.45, 7) is 1.63. The van der Waals surface area contributed by atoms with Gasteiger partial charge in [0.25, 0.3) is 0 Å². The summed E-state index contributed by atoms with van der Waals surface area (Å²) in [6, 6.07) is 13.8. The summed E-state index contributed by atoms with van der Waals surface area (Å²) in [5.41, 5.74) is 0.0726. The molecule has 0 saturated heterocycles. The van der Waals surface area contributed by atoms with E-state index < -0.39 is 17.6 Å². The molecule has 0 radical (unpaired) electrons. The van der Waals surface area contributed by atoms with E-state index in [9.17, 15) is 14.4 Å². The highest BCUT2D eigenvalue weighted by molar-refractivity contribution is 5.99. The number of aromatic nitrogens is 3. The van der Waals surface area contributed by atoms with Gasteiger partial charge in [-0.25, -0.2) is 9.59 Å². The standard InChI is InChI=1S/C24H22N6O7/c1-3-35-20(32)13-25-21-27-22(28-23(33)26-15-9-5-7-11-17(15)34-2)30-24(29-21)37-18-12-19(31)36-16-10-6-4-8-14(16)18/h4-12H,3,13H2,1-2H3,(H3,25,26,27,28,29,30,33). The number of carbonyl (C=O) groups is 2. The molecule has 0 atom stereocenters. The molecule has 2 amide bonds. The molecule has 0 bridgehead atoms. The van der Waals surface area contributed by atoms with Crippen molar-refractivity contribution in [3.8, 4) is 17.5 Å². The van der Waals surface area contributed by atoms with Crippen LogP contribution in [-0.2, 0) is 9.53 Å². The predicted molar refractivity (Wildman–Crippen MR) is 133 cm³/mol. The van der Waals surface area contributed by atoms with E-state index in [1.54, 1.807) is 55.5 Å². The average Bonchev–Trinajstić information content (AvgIpc) is 2.88. The Bertz CT molecular complexity index is 1490. The third-order valence-electron chi connectivity index (χ3n) is 4.70. The van der Waals surface area contributed by atoms with E-state index in [0.717, 1.165) is 6.07 Å². The highest BCUT2D eigenvalue weighted by Gasteiger charge is 2.15. The molecule has 13 heteroatoms. The summed E-state index contributed by atoms with van der Waals surface area (Å²) in [4.78, 5) is 48.8. The molecular formula is C24H22N6O7. The van der Waals surface area contributed by atoms with Crippen molar-refractivity contribution in [2.45, 2.75) is 6.92 Å². The number of hydrogen-bond acceptors (Lipinski definition) is 11. The van der Waals surface area contributed by atoms with Gasteiger partial charge in [-0.15, -0.1) is 0 Å². The molecule has 0 fully saturated rings. The SMILES string of the molecule is CCOC(=O)CNc1nc(NC(=O)Nc2ccccc2OC)nc(Oc2cc(=O)oc3ccccc23)n1. The molecule has 4 aromatic rings. The number of nitrogens with zero attached hydrogens (tertiary/aromatic N) is 3. The molecule has 13 nitrogen and oxygen atoms in total. The number of rotatable bonds is 9. The Balaban J connectivity index is 1.62. The Morgan fingerprint density at radius 2 is 1.70 bits per heavy atom. The maximum Gasteiger partial charge on any atom is 0.339 e. The van der Waals surface area contributed by atoms with Gasteiger partial charge in [0.1, 0.15) is 23.6 Å². The number of benzene rings is 2. The van der Waals surface area contributed by atoms with Crippen LogP contribution in [-0.4, -0.2) is 47.2 Å². The van der Waals surface area contributed by atoms with Crippen molar-refractivity contribution in [3.63, 3.8) is 0 Å². The molecule has 2 aromatic carbocycles. The van der Waals surface area contributed by atoms with Crippen LogP contribution in [0.2, 0.25) is 0 Å². The first kappa shape index (κ1) is 24.9. The van der Waals surface area contributed by atoms with Gasteiger partial charge in [0, 0.05) is 0 Å². The minimum atomic E-state index is -0.677. The van der Waals surface area contributed by atoms with E-state index in [1.807, 2.05) is 0 Å². The van der Waals surface area contributed by atoms with Gasteiger partial charge in [-0.05, 0) is 31.2 Å². The number of anilines is 3. The first-order chi connectivity index (χ1) is 17.9. The number of carbonyl (C=O) groups excluding carboxylic acids is 2. The van der Waals surface area contributed by atoms with Gasteiger partial charge in [0.05, 0.1) is 30.9 Å².